The number of benzene rings is 2. The quantitative estimate of drug-likeness (QED) is 0.482. The van der Waals surface area contributed by atoms with Crippen LogP contribution in [0.15, 0.2) is 60.7 Å². The van der Waals surface area contributed by atoms with Gasteiger partial charge in [-0.1, -0.05) is 42.3 Å². The van der Waals surface area contributed by atoms with Crippen LogP contribution in [-0.4, -0.2) is 25.0 Å². The molecule has 0 unspecified atom stereocenters. The van der Waals surface area contributed by atoms with Gasteiger partial charge < -0.3 is 4.55 Å². The van der Waals surface area contributed by atoms with E-state index in [9.17, 15) is 17.8 Å². The number of rotatable bonds is 4. The Hall–Kier alpha value is -2.66. The fourth-order valence-corrected chi connectivity index (χ4v) is 2.36. The number of hydrogen-bond donors (Lipinski definition) is 0. The van der Waals surface area contributed by atoms with Crippen molar-refractivity contribution in [2.45, 2.75) is 13.0 Å². The number of hydrogen-bond acceptors (Lipinski definition) is 5. The summed E-state index contributed by atoms with van der Waals surface area (Å²) in [5.41, 5.74) is 1.21. The molecule has 0 saturated heterocycles. The van der Waals surface area contributed by atoms with E-state index < -0.39 is 22.4 Å². The number of nitrogens with zero attached hydrogens (tertiary/aromatic N) is 1. The fraction of sp³-hybridized carbons (Fsp3) is 0.118. The van der Waals surface area contributed by atoms with Crippen molar-refractivity contribution in [3.63, 3.8) is 0 Å². The normalized spacial score (nSPS) is 11.9. The minimum Gasteiger partial charge on any atom is -0.725 e. The van der Waals surface area contributed by atoms with Gasteiger partial charge in [-0.15, -0.1) is 0 Å². The molecule has 2 aromatic rings. The predicted octanol–water partition coefficient (Wildman–Crippen LogP) is 2.22. The molecule has 0 radical (unpaired) electrons. The summed E-state index contributed by atoms with van der Waals surface area (Å²) < 4.78 is 35.7. The van der Waals surface area contributed by atoms with Crippen LogP contribution in [0.3, 0.4) is 0 Å². The molecule has 0 aromatic heterocycles. The van der Waals surface area contributed by atoms with E-state index in [0.29, 0.717) is 11.4 Å². The third-order valence-electron chi connectivity index (χ3n) is 2.88. The van der Waals surface area contributed by atoms with Crippen LogP contribution >= 0.6 is 0 Å². The average molecular weight is 344 g/mol. The summed E-state index contributed by atoms with van der Waals surface area (Å²) in [6.07, 6.45) is -1.22. The minimum atomic E-state index is -4.87. The lowest BCUT2D eigenvalue weighted by Crippen LogP contribution is -2.24. The van der Waals surface area contributed by atoms with Crippen LogP contribution in [0.25, 0.3) is 0 Å². The highest BCUT2D eigenvalue weighted by atomic mass is 32.3. The van der Waals surface area contributed by atoms with E-state index in [-0.39, 0.29) is 0 Å². The summed E-state index contributed by atoms with van der Waals surface area (Å²) in [6.45, 7) is 1.27. The molecule has 0 fully saturated rings. The Labute approximate surface area is 140 Å². The number of para-hydroxylation sites is 2. The first-order chi connectivity index (χ1) is 11.4. The molecule has 2 aromatic carbocycles. The largest absolute Gasteiger partial charge is 0.725 e. The van der Waals surface area contributed by atoms with Crippen LogP contribution in [0.2, 0.25) is 0 Å². The van der Waals surface area contributed by atoms with Gasteiger partial charge in [-0.25, -0.2) is 8.42 Å². The van der Waals surface area contributed by atoms with Crippen molar-refractivity contribution in [3.05, 3.63) is 60.7 Å². The van der Waals surface area contributed by atoms with Gasteiger partial charge in [-0.2, -0.15) is 0 Å². The molecule has 1 atom stereocenters. The van der Waals surface area contributed by atoms with Crippen molar-refractivity contribution in [1.29, 1.82) is 0 Å². The van der Waals surface area contributed by atoms with Crippen LogP contribution in [0.5, 0.6) is 0 Å². The highest BCUT2D eigenvalue weighted by Crippen LogP contribution is 2.24. The van der Waals surface area contributed by atoms with Crippen LogP contribution < -0.4 is 4.90 Å². The van der Waals surface area contributed by atoms with E-state index in [1.807, 2.05) is 12.1 Å². The molecule has 24 heavy (non-hydrogen) atoms. The summed E-state index contributed by atoms with van der Waals surface area (Å²) in [6, 6.07) is 17.7. The number of carbonyl (C=O) groups excluding carboxylic acids is 1. The molecule has 0 bridgehead atoms. The Bertz CT molecular complexity index is 815. The Balaban J connectivity index is 2.31. The van der Waals surface area contributed by atoms with Crippen molar-refractivity contribution in [2.24, 2.45) is 0 Å². The SMILES string of the molecule is C[C@@H](C#CC(=O)N(c1ccccc1)c1ccccc1)OS(=O)(=O)[O-]. The van der Waals surface area contributed by atoms with Crippen LogP contribution in [0, 0.1) is 11.8 Å². The molecule has 0 aliphatic rings. The summed E-state index contributed by atoms with van der Waals surface area (Å²) in [5, 5.41) is 0. The Morgan fingerprint density at radius 3 is 1.92 bits per heavy atom. The Morgan fingerprint density at radius 2 is 1.50 bits per heavy atom. The van der Waals surface area contributed by atoms with E-state index in [4.69, 9.17) is 0 Å². The smallest absolute Gasteiger partial charge is 0.307 e. The maximum atomic E-state index is 12.5. The zero-order valence-electron chi connectivity index (χ0n) is 12.7. The van der Waals surface area contributed by atoms with Crippen molar-refractivity contribution < 1.29 is 21.9 Å². The predicted molar refractivity (Wildman–Crippen MR) is 88.1 cm³/mol. The van der Waals surface area contributed by atoms with Crippen LogP contribution in [-0.2, 0) is 19.4 Å². The van der Waals surface area contributed by atoms with E-state index >= 15 is 0 Å². The van der Waals surface area contributed by atoms with Gasteiger partial charge >= 0.3 is 5.91 Å². The highest BCUT2D eigenvalue weighted by molar-refractivity contribution is 7.80. The van der Waals surface area contributed by atoms with E-state index in [1.165, 1.54) is 11.8 Å². The molecular formula is C17H14NO5S-. The van der Waals surface area contributed by atoms with Crippen LogP contribution in [0.1, 0.15) is 6.92 Å². The first kappa shape index (κ1) is 17.7. The molecule has 7 heteroatoms. The van der Waals surface area contributed by atoms with Crippen LogP contribution in [0.4, 0.5) is 11.4 Å². The molecule has 0 N–H and O–H groups in total. The van der Waals surface area contributed by atoms with Gasteiger partial charge in [0.1, 0.15) is 6.10 Å². The van der Waals surface area contributed by atoms with Crippen molar-refractivity contribution in [1.82, 2.24) is 0 Å². The minimum absolute atomic E-state index is 0.578. The molecule has 1 amide bonds. The molecular weight excluding hydrogens is 330 g/mol. The van der Waals surface area contributed by atoms with Crippen molar-refractivity contribution >= 4 is 27.7 Å². The zero-order chi connectivity index (χ0) is 17.6. The van der Waals surface area contributed by atoms with E-state index in [2.05, 4.69) is 16.0 Å². The van der Waals surface area contributed by atoms with E-state index in [1.54, 1.807) is 48.5 Å². The summed E-state index contributed by atoms with van der Waals surface area (Å²) in [4.78, 5) is 13.9. The highest BCUT2D eigenvalue weighted by Gasteiger charge is 2.16. The van der Waals surface area contributed by atoms with Gasteiger partial charge in [0.2, 0.25) is 10.4 Å². The number of anilines is 2. The van der Waals surface area contributed by atoms with Crippen molar-refractivity contribution in [3.8, 4) is 11.8 Å². The van der Waals surface area contributed by atoms with Gasteiger partial charge in [-0.05, 0) is 37.1 Å². The zero-order valence-corrected chi connectivity index (χ0v) is 13.6. The Kier molecular flexibility index (Phi) is 5.71. The van der Waals surface area contributed by atoms with Gasteiger partial charge in [0.25, 0.3) is 0 Å². The van der Waals surface area contributed by atoms with Gasteiger partial charge in [0.05, 0.1) is 0 Å². The lowest BCUT2D eigenvalue weighted by molar-refractivity contribution is -0.112. The van der Waals surface area contributed by atoms with Gasteiger partial charge in [0.15, 0.2) is 0 Å². The molecule has 6 nitrogen and oxygen atoms in total. The monoisotopic (exact) mass is 344 g/mol. The molecule has 0 aliphatic heterocycles. The molecule has 0 saturated carbocycles. The van der Waals surface area contributed by atoms with Gasteiger partial charge in [0, 0.05) is 11.4 Å². The maximum absolute atomic E-state index is 12.5. The topological polar surface area (TPSA) is 86.7 Å². The third-order valence-corrected chi connectivity index (χ3v) is 3.40. The lowest BCUT2D eigenvalue weighted by Gasteiger charge is -2.20. The summed E-state index contributed by atoms with van der Waals surface area (Å²) in [5.74, 6) is 4.05. The first-order valence-electron chi connectivity index (χ1n) is 6.96. The summed E-state index contributed by atoms with van der Waals surface area (Å²) >= 11 is 0. The van der Waals surface area contributed by atoms with Gasteiger partial charge in [-0.3, -0.25) is 13.9 Å². The average Bonchev–Trinajstić information content (AvgIpc) is 2.54. The molecule has 124 valence electrons. The molecule has 0 heterocycles. The molecule has 2 rings (SSSR count). The maximum Gasteiger partial charge on any atom is 0.307 e. The lowest BCUT2D eigenvalue weighted by atomic mass is 10.2. The molecule has 0 spiro atoms. The standard InChI is InChI=1S/C17H15NO5S/c1-14(23-24(20,21)22)12-13-17(19)18(15-8-4-2-5-9-15)16-10-6-3-7-11-16/h2-11,14H,1H3,(H,20,21,22)/p-1/t14-/m0/s1. The van der Waals surface area contributed by atoms with Crippen molar-refractivity contribution in [2.75, 3.05) is 4.90 Å². The second-order valence-electron chi connectivity index (χ2n) is 4.73. The number of carbonyl (C=O) groups is 1. The van der Waals surface area contributed by atoms with E-state index in [0.717, 1.165) is 0 Å². The third kappa shape index (κ3) is 5.21. The summed E-state index contributed by atoms with van der Waals surface area (Å²) in [7, 11) is -4.87. The molecule has 0 aliphatic carbocycles. The second kappa shape index (κ2) is 7.75. The fourth-order valence-electron chi connectivity index (χ4n) is 1.96. The number of amides is 1. The second-order valence-corrected chi connectivity index (χ2v) is 5.74. The first-order valence-corrected chi connectivity index (χ1v) is 8.30. The Morgan fingerprint density at radius 1 is 1.04 bits per heavy atom.